The molecular weight excluding hydrogens is 338 g/mol. The Bertz CT molecular complexity index is 754. The van der Waals surface area contributed by atoms with E-state index in [1.165, 1.54) is 11.3 Å². The van der Waals surface area contributed by atoms with Gasteiger partial charge in [-0.05, 0) is 43.2 Å². The molecule has 1 heterocycles. The number of nitrogens with one attached hydrogen (secondary N) is 1. The average Bonchev–Trinajstić information content (AvgIpc) is 2.87. The standard InChI is InChI=1S/C16H16ClNO4S/c1-9-6-12(14(19)18-8-16(2,22)15(20)21)23-13(9)10-4-3-5-11(17)7-10/h3-7,22H,8H2,1-2H3,(H,18,19)(H,20,21). The van der Waals surface area contributed by atoms with E-state index in [0.29, 0.717) is 9.90 Å². The van der Waals surface area contributed by atoms with E-state index in [-0.39, 0.29) is 6.54 Å². The van der Waals surface area contributed by atoms with Crippen LogP contribution in [0.25, 0.3) is 10.4 Å². The van der Waals surface area contributed by atoms with Gasteiger partial charge in [-0.2, -0.15) is 0 Å². The topological polar surface area (TPSA) is 86.6 Å². The third kappa shape index (κ3) is 4.10. The molecule has 1 aromatic carbocycles. The van der Waals surface area contributed by atoms with Crippen LogP contribution in [0.2, 0.25) is 5.02 Å². The molecule has 5 nitrogen and oxygen atoms in total. The van der Waals surface area contributed by atoms with Crippen LogP contribution >= 0.6 is 22.9 Å². The molecular formula is C16H16ClNO4S. The summed E-state index contributed by atoms with van der Waals surface area (Å²) in [6.45, 7) is 2.65. The lowest BCUT2D eigenvalue weighted by atomic mass is 10.1. The van der Waals surface area contributed by atoms with Crippen LogP contribution in [-0.2, 0) is 4.79 Å². The van der Waals surface area contributed by atoms with Crippen molar-refractivity contribution < 1.29 is 19.8 Å². The quantitative estimate of drug-likeness (QED) is 0.771. The number of carboxylic acid groups (broad SMARTS) is 1. The first kappa shape index (κ1) is 17.5. The van der Waals surface area contributed by atoms with Crippen LogP contribution in [0, 0.1) is 6.92 Å². The van der Waals surface area contributed by atoms with Gasteiger partial charge in [0.2, 0.25) is 0 Å². The fourth-order valence-corrected chi connectivity index (χ4v) is 3.20. The van der Waals surface area contributed by atoms with E-state index in [1.54, 1.807) is 12.1 Å². The lowest BCUT2D eigenvalue weighted by Crippen LogP contribution is -2.46. The second-order valence-electron chi connectivity index (χ2n) is 5.39. The molecule has 122 valence electrons. The lowest BCUT2D eigenvalue weighted by Gasteiger charge is -2.17. The number of rotatable bonds is 5. The molecule has 0 saturated carbocycles. The van der Waals surface area contributed by atoms with Crippen molar-refractivity contribution in [2.75, 3.05) is 6.54 Å². The van der Waals surface area contributed by atoms with Gasteiger partial charge in [-0.1, -0.05) is 23.7 Å². The molecule has 0 saturated heterocycles. The van der Waals surface area contributed by atoms with Gasteiger partial charge in [-0.3, -0.25) is 4.79 Å². The second-order valence-corrected chi connectivity index (χ2v) is 6.88. The number of carbonyl (C=O) groups excluding carboxylic acids is 1. The first-order valence-corrected chi connectivity index (χ1v) is 8.00. The number of benzene rings is 1. The number of aliphatic carboxylic acids is 1. The molecule has 2 aromatic rings. The number of aliphatic hydroxyl groups is 1. The number of carboxylic acids is 1. The van der Waals surface area contributed by atoms with Crippen LogP contribution in [0.5, 0.6) is 0 Å². The Balaban J connectivity index is 2.17. The molecule has 0 spiro atoms. The van der Waals surface area contributed by atoms with E-state index in [1.807, 2.05) is 25.1 Å². The predicted molar refractivity (Wildman–Crippen MR) is 90.1 cm³/mol. The number of hydrogen-bond acceptors (Lipinski definition) is 4. The smallest absolute Gasteiger partial charge is 0.337 e. The highest BCUT2D eigenvalue weighted by Crippen LogP contribution is 2.33. The van der Waals surface area contributed by atoms with E-state index in [2.05, 4.69) is 5.32 Å². The molecule has 0 aliphatic rings. The molecule has 1 unspecified atom stereocenters. The minimum absolute atomic E-state index is 0.370. The van der Waals surface area contributed by atoms with Crippen molar-refractivity contribution in [1.29, 1.82) is 0 Å². The van der Waals surface area contributed by atoms with Crippen molar-refractivity contribution in [2.24, 2.45) is 0 Å². The predicted octanol–water partition coefficient (Wildman–Crippen LogP) is 2.94. The van der Waals surface area contributed by atoms with Crippen molar-refractivity contribution in [3.63, 3.8) is 0 Å². The summed E-state index contributed by atoms with van der Waals surface area (Å²) in [5.74, 6) is -1.81. The summed E-state index contributed by atoms with van der Waals surface area (Å²) in [4.78, 5) is 24.3. The summed E-state index contributed by atoms with van der Waals surface area (Å²) < 4.78 is 0. The molecule has 2 rings (SSSR count). The minimum Gasteiger partial charge on any atom is -0.479 e. The summed E-state index contributed by atoms with van der Waals surface area (Å²) in [6, 6.07) is 9.06. The van der Waals surface area contributed by atoms with Gasteiger partial charge >= 0.3 is 5.97 Å². The summed E-state index contributed by atoms with van der Waals surface area (Å²) in [5, 5.41) is 21.5. The first-order valence-electron chi connectivity index (χ1n) is 6.81. The zero-order valence-corrected chi connectivity index (χ0v) is 14.2. The Kier molecular flexibility index (Phi) is 5.09. The molecule has 0 bridgehead atoms. The largest absolute Gasteiger partial charge is 0.479 e. The maximum absolute atomic E-state index is 12.1. The summed E-state index contributed by atoms with van der Waals surface area (Å²) in [5.41, 5.74) is -0.165. The number of aryl methyl sites for hydroxylation is 1. The van der Waals surface area contributed by atoms with Crippen molar-refractivity contribution in [2.45, 2.75) is 19.4 Å². The van der Waals surface area contributed by atoms with Gasteiger partial charge in [-0.15, -0.1) is 11.3 Å². The Hall–Kier alpha value is -1.89. The number of carbonyl (C=O) groups is 2. The number of hydrogen-bond donors (Lipinski definition) is 3. The zero-order valence-electron chi connectivity index (χ0n) is 12.6. The van der Waals surface area contributed by atoms with Gasteiger partial charge in [-0.25, -0.2) is 4.79 Å². The van der Waals surface area contributed by atoms with Crippen molar-refractivity contribution in [1.82, 2.24) is 5.32 Å². The van der Waals surface area contributed by atoms with Gasteiger partial charge in [0.15, 0.2) is 5.60 Å². The molecule has 0 aliphatic carbocycles. The van der Waals surface area contributed by atoms with Gasteiger partial charge < -0.3 is 15.5 Å². The maximum atomic E-state index is 12.1. The maximum Gasteiger partial charge on any atom is 0.337 e. The number of thiophene rings is 1. The van der Waals surface area contributed by atoms with Crippen molar-refractivity contribution in [3.8, 4) is 10.4 Å². The van der Waals surface area contributed by atoms with Crippen LogP contribution in [0.1, 0.15) is 22.2 Å². The lowest BCUT2D eigenvalue weighted by molar-refractivity contribution is -0.155. The normalized spacial score (nSPS) is 13.4. The van der Waals surface area contributed by atoms with Gasteiger partial charge in [0.25, 0.3) is 5.91 Å². The fourth-order valence-electron chi connectivity index (χ4n) is 1.93. The average molecular weight is 354 g/mol. The highest BCUT2D eigenvalue weighted by Gasteiger charge is 2.30. The molecule has 1 atom stereocenters. The van der Waals surface area contributed by atoms with Crippen LogP contribution in [-0.4, -0.2) is 34.2 Å². The van der Waals surface area contributed by atoms with E-state index in [9.17, 15) is 14.7 Å². The number of halogens is 1. The Labute approximate surface area is 142 Å². The highest BCUT2D eigenvalue weighted by molar-refractivity contribution is 7.17. The summed E-state index contributed by atoms with van der Waals surface area (Å²) >= 11 is 7.28. The van der Waals surface area contributed by atoms with Crippen molar-refractivity contribution in [3.05, 3.63) is 45.8 Å². The van der Waals surface area contributed by atoms with E-state index in [0.717, 1.165) is 22.9 Å². The highest BCUT2D eigenvalue weighted by atomic mass is 35.5. The van der Waals surface area contributed by atoms with Crippen molar-refractivity contribution >= 4 is 34.8 Å². The summed E-state index contributed by atoms with van der Waals surface area (Å²) in [6.07, 6.45) is 0. The SMILES string of the molecule is Cc1cc(C(=O)NCC(C)(O)C(=O)O)sc1-c1cccc(Cl)c1. The molecule has 7 heteroatoms. The molecule has 1 aromatic heterocycles. The molecule has 0 radical (unpaired) electrons. The number of amides is 1. The zero-order chi connectivity index (χ0) is 17.2. The van der Waals surface area contributed by atoms with E-state index < -0.39 is 17.5 Å². The molecule has 1 amide bonds. The first-order chi connectivity index (χ1) is 10.7. The Morgan fingerprint density at radius 1 is 1.35 bits per heavy atom. The molecule has 3 N–H and O–H groups in total. The monoisotopic (exact) mass is 353 g/mol. The van der Waals surface area contributed by atoms with Crippen LogP contribution in [0.4, 0.5) is 0 Å². The molecule has 0 aliphatic heterocycles. The summed E-state index contributed by atoms with van der Waals surface area (Å²) in [7, 11) is 0. The van der Waals surface area contributed by atoms with Gasteiger partial charge in [0.1, 0.15) is 0 Å². The third-order valence-corrected chi connectivity index (χ3v) is 4.80. The van der Waals surface area contributed by atoms with E-state index >= 15 is 0 Å². The van der Waals surface area contributed by atoms with Gasteiger partial charge in [0, 0.05) is 9.90 Å². The Morgan fingerprint density at radius 3 is 2.65 bits per heavy atom. The molecule has 0 fully saturated rings. The fraction of sp³-hybridized carbons (Fsp3) is 0.250. The van der Waals surface area contributed by atoms with Crippen LogP contribution in [0.3, 0.4) is 0 Å². The minimum atomic E-state index is -2.00. The Morgan fingerprint density at radius 2 is 2.04 bits per heavy atom. The van der Waals surface area contributed by atoms with E-state index in [4.69, 9.17) is 16.7 Å². The molecule has 23 heavy (non-hydrogen) atoms. The van der Waals surface area contributed by atoms with Crippen LogP contribution in [0.15, 0.2) is 30.3 Å². The van der Waals surface area contributed by atoms with Crippen LogP contribution < -0.4 is 5.32 Å². The third-order valence-electron chi connectivity index (χ3n) is 3.28. The second kappa shape index (κ2) is 6.70. The van der Waals surface area contributed by atoms with Gasteiger partial charge in [0.05, 0.1) is 11.4 Å².